The number of nitrogens with one attached hydrogen (secondary N) is 1. The van der Waals surface area contributed by atoms with Crippen molar-refractivity contribution in [3.8, 4) is 0 Å². The summed E-state index contributed by atoms with van der Waals surface area (Å²) in [5.74, 6) is 0.730. The number of hydrogen-bond acceptors (Lipinski definition) is 2. The minimum Gasteiger partial charge on any atom is -0.312 e. The average Bonchev–Trinajstić information content (AvgIpc) is 2.32. The Morgan fingerprint density at radius 1 is 0.944 bits per heavy atom. The van der Waals surface area contributed by atoms with Gasteiger partial charge in [-0.05, 0) is 25.5 Å². The Labute approximate surface area is 117 Å². The fourth-order valence-electron chi connectivity index (χ4n) is 2.02. The molecule has 18 heavy (non-hydrogen) atoms. The van der Waals surface area contributed by atoms with Crippen molar-refractivity contribution in [2.75, 3.05) is 7.05 Å². The highest BCUT2D eigenvalue weighted by Gasteiger charge is 2.21. The smallest absolute Gasteiger partial charge is 0.0435 e. The summed E-state index contributed by atoms with van der Waals surface area (Å²) in [5, 5.41) is 4.74. The van der Waals surface area contributed by atoms with Crippen LogP contribution in [-0.2, 0) is 0 Å². The number of aryl methyl sites for hydroxylation is 1. The Bertz CT molecular complexity index is 345. The maximum Gasteiger partial charge on any atom is 0.0435 e. The van der Waals surface area contributed by atoms with Gasteiger partial charge in [0.25, 0.3) is 0 Å². The van der Waals surface area contributed by atoms with E-state index in [9.17, 15) is 0 Å². The molecule has 1 rings (SSSR count). The molecule has 0 heterocycles. The van der Waals surface area contributed by atoms with Gasteiger partial charge in [0.1, 0.15) is 0 Å². The van der Waals surface area contributed by atoms with Gasteiger partial charge in [0, 0.05) is 16.5 Å². The second-order valence-corrected chi connectivity index (χ2v) is 7.23. The molecule has 0 amide bonds. The normalized spacial score (nSPS) is 16.6. The highest BCUT2D eigenvalue weighted by molar-refractivity contribution is 8.00. The molecule has 0 saturated heterocycles. The standard InChI is InChI=1S/C16H27NS/c1-11(2)13(4)18-14(5)16(17-6)15-9-7-12(3)8-10-15/h7-11,13-14,16-17H,1-6H3. The molecule has 0 aliphatic heterocycles. The van der Waals surface area contributed by atoms with E-state index >= 15 is 0 Å². The van der Waals surface area contributed by atoms with Crippen LogP contribution in [0.3, 0.4) is 0 Å². The molecule has 0 bridgehead atoms. The summed E-state index contributed by atoms with van der Waals surface area (Å²) in [6, 6.07) is 9.31. The monoisotopic (exact) mass is 265 g/mol. The molecule has 0 aromatic heterocycles. The molecule has 1 aromatic carbocycles. The molecule has 1 N–H and O–H groups in total. The van der Waals surface area contributed by atoms with Gasteiger partial charge in [0.15, 0.2) is 0 Å². The topological polar surface area (TPSA) is 12.0 Å². The highest BCUT2D eigenvalue weighted by atomic mass is 32.2. The first-order valence-corrected chi connectivity index (χ1v) is 7.79. The molecule has 102 valence electrons. The van der Waals surface area contributed by atoms with E-state index in [1.54, 1.807) is 0 Å². The zero-order valence-electron chi connectivity index (χ0n) is 12.5. The summed E-state index contributed by atoms with van der Waals surface area (Å²) in [7, 11) is 2.06. The predicted molar refractivity (Wildman–Crippen MR) is 84.3 cm³/mol. The molecule has 0 aliphatic carbocycles. The van der Waals surface area contributed by atoms with Gasteiger partial charge in [-0.15, -0.1) is 0 Å². The SMILES string of the molecule is CNC(c1ccc(C)cc1)C(C)SC(C)C(C)C. The lowest BCUT2D eigenvalue weighted by atomic mass is 10.0. The molecule has 0 saturated carbocycles. The van der Waals surface area contributed by atoms with Crippen molar-refractivity contribution in [2.45, 2.75) is 51.2 Å². The van der Waals surface area contributed by atoms with Gasteiger partial charge in [0.05, 0.1) is 0 Å². The second kappa shape index (κ2) is 7.20. The number of hydrogen-bond donors (Lipinski definition) is 1. The van der Waals surface area contributed by atoms with Crippen molar-refractivity contribution in [1.29, 1.82) is 0 Å². The lowest BCUT2D eigenvalue weighted by Gasteiger charge is -2.27. The van der Waals surface area contributed by atoms with E-state index in [0.717, 1.165) is 5.92 Å². The molecule has 2 heteroatoms. The van der Waals surface area contributed by atoms with Crippen LogP contribution in [0.2, 0.25) is 0 Å². The molecular formula is C16H27NS. The van der Waals surface area contributed by atoms with Crippen molar-refractivity contribution in [2.24, 2.45) is 5.92 Å². The molecule has 1 nitrogen and oxygen atoms in total. The highest BCUT2D eigenvalue weighted by Crippen LogP contribution is 2.31. The Hall–Kier alpha value is -0.470. The largest absolute Gasteiger partial charge is 0.312 e. The Kier molecular flexibility index (Phi) is 6.24. The minimum absolute atomic E-state index is 0.428. The van der Waals surface area contributed by atoms with Crippen LogP contribution in [0.15, 0.2) is 24.3 Å². The van der Waals surface area contributed by atoms with Crippen LogP contribution in [0.5, 0.6) is 0 Å². The average molecular weight is 265 g/mol. The Balaban J connectivity index is 2.73. The van der Waals surface area contributed by atoms with Crippen LogP contribution in [0.4, 0.5) is 0 Å². The van der Waals surface area contributed by atoms with Gasteiger partial charge < -0.3 is 5.32 Å². The van der Waals surface area contributed by atoms with Gasteiger partial charge in [-0.2, -0.15) is 11.8 Å². The van der Waals surface area contributed by atoms with Crippen LogP contribution < -0.4 is 5.32 Å². The Morgan fingerprint density at radius 3 is 1.94 bits per heavy atom. The number of rotatable bonds is 6. The zero-order chi connectivity index (χ0) is 13.7. The number of benzene rings is 1. The van der Waals surface area contributed by atoms with Crippen molar-refractivity contribution < 1.29 is 0 Å². The molecule has 1 aromatic rings. The summed E-state index contributed by atoms with van der Waals surface area (Å²) in [6.45, 7) is 11.4. The lowest BCUT2D eigenvalue weighted by molar-refractivity contribution is 0.578. The first-order valence-electron chi connectivity index (χ1n) is 6.85. The summed E-state index contributed by atoms with van der Waals surface area (Å²) >= 11 is 2.08. The van der Waals surface area contributed by atoms with E-state index in [1.807, 2.05) is 0 Å². The maximum atomic E-state index is 3.46. The van der Waals surface area contributed by atoms with Gasteiger partial charge >= 0.3 is 0 Å². The Morgan fingerprint density at radius 2 is 1.50 bits per heavy atom. The molecule has 0 radical (unpaired) electrons. The van der Waals surface area contributed by atoms with E-state index in [1.165, 1.54) is 11.1 Å². The third kappa shape index (κ3) is 4.33. The van der Waals surface area contributed by atoms with Crippen molar-refractivity contribution >= 4 is 11.8 Å². The fraction of sp³-hybridized carbons (Fsp3) is 0.625. The van der Waals surface area contributed by atoms with Gasteiger partial charge in [-0.3, -0.25) is 0 Å². The lowest BCUT2D eigenvalue weighted by Crippen LogP contribution is -2.27. The number of thioether (sulfide) groups is 1. The predicted octanol–water partition coefficient (Wildman–Crippen LogP) is 4.42. The molecule has 0 spiro atoms. The first-order chi connectivity index (χ1) is 8.45. The fourth-order valence-corrected chi connectivity index (χ4v) is 3.46. The third-order valence-corrected chi connectivity index (χ3v) is 5.26. The maximum absolute atomic E-state index is 3.46. The van der Waals surface area contributed by atoms with E-state index in [4.69, 9.17) is 0 Å². The second-order valence-electron chi connectivity index (χ2n) is 5.47. The van der Waals surface area contributed by atoms with E-state index in [2.05, 4.69) is 83.0 Å². The van der Waals surface area contributed by atoms with Gasteiger partial charge in [-0.1, -0.05) is 57.5 Å². The summed E-state index contributed by atoms with van der Waals surface area (Å²) in [5.41, 5.74) is 2.71. The molecule has 3 unspecified atom stereocenters. The van der Waals surface area contributed by atoms with Crippen LogP contribution >= 0.6 is 11.8 Å². The van der Waals surface area contributed by atoms with Crippen LogP contribution in [0, 0.1) is 12.8 Å². The van der Waals surface area contributed by atoms with Gasteiger partial charge in [-0.25, -0.2) is 0 Å². The van der Waals surface area contributed by atoms with Gasteiger partial charge in [0.2, 0.25) is 0 Å². The van der Waals surface area contributed by atoms with Crippen molar-refractivity contribution in [3.05, 3.63) is 35.4 Å². The summed E-state index contributed by atoms with van der Waals surface area (Å²) in [4.78, 5) is 0. The first kappa shape index (κ1) is 15.6. The molecule has 0 fully saturated rings. The van der Waals surface area contributed by atoms with Crippen molar-refractivity contribution in [1.82, 2.24) is 5.32 Å². The minimum atomic E-state index is 0.428. The third-order valence-electron chi connectivity index (χ3n) is 3.59. The molecule has 3 atom stereocenters. The van der Waals surface area contributed by atoms with Crippen molar-refractivity contribution in [3.63, 3.8) is 0 Å². The van der Waals surface area contributed by atoms with Crippen LogP contribution in [0.25, 0.3) is 0 Å². The molecular weight excluding hydrogens is 238 g/mol. The van der Waals surface area contributed by atoms with E-state index in [-0.39, 0.29) is 0 Å². The zero-order valence-corrected chi connectivity index (χ0v) is 13.3. The van der Waals surface area contributed by atoms with E-state index < -0.39 is 0 Å². The van der Waals surface area contributed by atoms with Crippen LogP contribution in [-0.4, -0.2) is 17.5 Å². The summed E-state index contributed by atoms with van der Waals surface area (Å²) < 4.78 is 0. The molecule has 0 aliphatic rings. The van der Waals surface area contributed by atoms with Crippen LogP contribution in [0.1, 0.15) is 44.9 Å². The quantitative estimate of drug-likeness (QED) is 0.817. The van der Waals surface area contributed by atoms with E-state index in [0.29, 0.717) is 16.5 Å². The summed E-state index contributed by atoms with van der Waals surface area (Å²) in [6.07, 6.45) is 0.